The van der Waals surface area contributed by atoms with Crippen LogP contribution in [0.5, 0.6) is 0 Å². The molecule has 6 N–H and O–H groups in total. The van der Waals surface area contributed by atoms with Gasteiger partial charge in [0, 0.05) is 48.7 Å². The van der Waals surface area contributed by atoms with E-state index in [0.29, 0.717) is 43.9 Å². The minimum atomic E-state index is -1.03. The minimum Gasteiger partial charge on any atom is -0.444 e. The van der Waals surface area contributed by atoms with E-state index in [9.17, 15) is 25.2 Å². The van der Waals surface area contributed by atoms with Gasteiger partial charge in [-0.1, -0.05) is 62.6 Å². The van der Waals surface area contributed by atoms with Crippen molar-refractivity contribution in [2.45, 2.75) is 110 Å². The number of nitrogens with zero attached hydrogens (tertiary/aromatic N) is 4. The number of hydrogen-bond donors (Lipinski definition) is 6. The molecule has 2 aliphatic heterocycles. The largest absolute Gasteiger partial charge is 0.444 e. The van der Waals surface area contributed by atoms with E-state index in [0.717, 1.165) is 56.6 Å². The van der Waals surface area contributed by atoms with E-state index >= 15 is 0 Å². The Morgan fingerprint density at radius 1 is 0.694 bits per heavy atom. The van der Waals surface area contributed by atoms with Crippen LogP contribution in [0.3, 0.4) is 0 Å². The van der Waals surface area contributed by atoms with Crippen LogP contribution in [0.1, 0.15) is 103 Å². The zero-order chi connectivity index (χ0) is 35.4. The second-order valence-electron chi connectivity index (χ2n) is 14.2. The molecule has 0 radical (unpaired) electrons. The number of unbranched alkanes of at least 4 members (excludes halogenated alkanes) is 4. The van der Waals surface area contributed by atoms with Crippen molar-refractivity contribution in [2.24, 2.45) is 0 Å². The van der Waals surface area contributed by atoms with Crippen LogP contribution < -0.4 is 10.6 Å². The highest BCUT2D eigenvalue weighted by molar-refractivity contribution is 5.68. The summed E-state index contributed by atoms with van der Waals surface area (Å²) in [6, 6.07) is 14.9. The predicted octanol–water partition coefficient (Wildman–Crippen LogP) is 5.06. The summed E-state index contributed by atoms with van der Waals surface area (Å²) in [6.45, 7) is 12.4. The molecule has 0 saturated carbocycles. The van der Waals surface area contributed by atoms with Gasteiger partial charge in [-0.15, -0.1) is 0 Å². The average molecular weight is 685 g/mol. The molecule has 2 heterocycles. The smallest absolute Gasteiger partial charge is 0.410 e. The molecule has 4 rings (SSSR count). The van der Waals surface area contributed by atoms with E-state index in [1.54, 1.807) is 14.7 Å². The molecule has 0 spiro atoms. The summed E-state index contributed by atoms with van der Waals surface area (Å²) in [5.41, 5.74) is 2.31. The van der Waals surface area contributed by atoms with Gasteiger partial charge in [-0.2, -0.15) is 0 Å². The van der Waals surface area contributed by atoms with Crippen molar-refractivity contribution in [2.75, 3.05) is 56.4 Å². The highest BCUT2D eigenvalue weighted by Crippen LogP contribution is 2.33. The number of hydrogen-bond acceptors (Lipinski definition) is 11. The van der Waals surface area contributed by atoms with E-state index < -0.39 is 30.8 Å². The SMILES string of the molecule is CCCCCCN(CCCCN(CCCN1C(O)Nc2ccccc2C1O)C(=O)OC(C)(C)C)CCCN1C(O)Nc2ccccc2C1O. The Kier molecular flexibility index (Phi) is 14.9. The Bertz CT molecular complexity index is 1290. The topological polar surface area (TPSA) is 144 Å². The van der Waals surface area contributed by atoms with Crippen molar-refractivity contribution in [1.29, 1.82) is 0 Å². The van der Waals surface area contributed by atoms with E-state index in [1.807, 2.05) is 69.3 Å². The first-order chi connectivity index (χ1) is 23.5. The molecule has 0 fully saturated rings. The lowest BCUT2D eigenvalue weighted by Crippen LogP contribution is -2.48. The molecule has 49 heavy (non-hydrogen) atoms. The highest BCUT2D eigenvalue weighted by Gasteiger charge is 2.32. The molecule has 12 heteroatoms. The molecule has 0 bridgehead atoms. The molecule has 2 aromatic carbocycles. The molecule has 0 aliphatic carbocycles. The summed E-state index contributed by atoms with van der Waals surface area (Å²) in [7, 11) is 0. The molecular formula is C37H60N6O6. The summed E-state index contributed by atoms with van der Waals surface area (Å²) < 4.78 is 5.74. The molecule has 0 aromatic heterocycles. The second kappa shape index (κ2) is 18.9. The molecule has 4 atom stereocenters. The number of fused-ring (bicyclic) bond motifs is 2. The molecule has 2 aromatic rings. The van der Waals surface area contributed by atoms with Gasteiger partial charge < -0.3 is 45.6 Å². The normalized spacial score (nSPS) is 21.1. The Morgan fingerprint density at radius 2 is 1.14 bits per heavy atom. The van der Waals surface area contributed by atoms with Crippen molar-refractivity contribution in [3.05, 3.63) is 59.7 Å². The summed E-state index contributed by atoms with van der Waals surface area (Å²) in [4.78, 5) is 20.7. The fourth-order valence-corrected chi connectivity index (χ4v) is 6.54. The van der Waals surface area contributed by atoms with Crippen molar-refractivity contribution in [1.82, 2.24) is 19.6 Å². The molecule has 0 saturated heterocycles. The number of anilines is 2. The lowest BCUT2D eigenvalue weighted by molar-refractivity contribution is -0.0991. The molecule has 1 amide bonds. The van der Waals surface area contributed by atoms with Crippen LogP contribution in [0, 0.1) is 0 Å². The molecule has 274 valence electrons. The summed E-state index contributed by atoms with van der Waals surface area (Å²) >= 11 is 0. The number of rotatable bonds is 18. The zero-order valence-electron chi connectivity index (χ0n) is 29.9. The van der Waals surface area contributed by atoms with Gasteiger partial charge in [-0.3, -0.25) is 0 Å². The lowest BCUT2D eigenvalue weighted by atomic mass is 10.1. The number of amides is 1. The van der Waals surface area contributed by atoms with E-state index in [4.69, 9.17) is 4.74 Å². The Labute approximate surface area is 292 Å². The highest BCUT2D eigenvalue weighted by atomic mass is 16.6. The quantitative estimate of drug-likeness (QED) is 0.117. The average Bonchev–Trinajstić information content (AvgIpc) is 3.05. The van der Waals surface area contributed by atoms with Crippen LogP contribution >= 0.6 is 0 Å². The maximum Gasteiger partial charge on any atom is 0.410 e. The number of carbonyl (C=O) groups excluding carboxylic acids is 1. The maximum atomic E-state index is 13.2. The van der Waals surface area contributed by atoms with Crippen molar-refractivity contribution in [3.63, 3.8) is 0 Å². The third-order valence-corrected chi connectivity index (χ3v) is 9.17. The number of benzene rings is 2. The number of aliphatic hydroxyl groups excluding tert-OH is 4. The monoisotopic (exact) mass is 684 g/mol. The van der Waals surface area contributed by atoms with Gasteiger partial charge in [0.15, 0.2) is 12.7 Å². The molecule has 12 nitrogen and oxygen atoms in total. The second-order valence-corrected chi connectivity index (χ2v) is 14.2. The molecule has 4 unspecified atom stereocenters. The first-order valence-corrected chi connectivity index (χ1v) is 18.1. The van der Waals surface area contributed by atoms with Gasteiger partial charge in [0.2, 0.25) is 0 Å². The number of nitrogens with one attached hydrogen (secondary N) is 2. The summed E-state index contributed by atoms with van der Waals surface area (Å²) in [6.07, 6.45) is 3.60. The zero-order valence-corrected chi connectivity index (χ0v) is 29.9. The van der Waals surface area contributed by atoms with Gasteiger partial charge in [0.1, 0.15) is 18.1 Å². The predicted molar refractivity (Wildman–Crippen MR) is 192 cm³/mol. The van der Waals surface area contributed by atoms with E-state index in [2.05, 4.69) is 22.5 Å². The van der Waals surface area contributed by atoms with Crippen LogP contribution in [0.4, 0.5) is 16.2 Å². The molecule has 2 aliphatic rings. The van der Waals surface area contributed by atoms with E-state index in [1.165, 1.54) is 19.3 Å². The standard InChI is InChI=1S/C37H60N6O6/c1-5-6-7-12-21-40(23-15-26-42-32(44)28-17-8-10-19-30(28)38-34(42)46)22-13-14-24-41(36(48)49-37(2,3)4)25-16-27-43-33(45)29-18-9-11-20-31(29)39-35(43)47/h8-11,17-20,32-35,38-39,44-47H,5-7,12-16,21-27H2,1-4H3. The van der Waals surface area contributed by atoms with Crippen LogP contribution in [0.25, 0.3) is 0 Å². The fourth-order valence-electron chi connectivity index (χ4n) is 6.54. The fraction of sp³-hybridized carbons (Fsp3) is 0.649. The minimum absolute atomic E-state index is 0.360. The number of carbonyl (C=O) groups is 1. The first kappa shape index (κ1) is 38.8. The van der Waals surface area contributed by atoms with Crippen LogP contribution in [-0.4, -0.2) is 110 Å². The maximum absolute atomic E-state index is 13.2. The van der Waals surface area contributed by atoms with Crippen molar-refractivity contribution < 1.29 is 30.0 Å². The lowest BCUT2D eigenvalue weighted by Gasteiger charge is -2.39. The third-order valence-electron chi connectivity index (χ3n) is 9.17. The third kappa shape index (κ3) is 11.5. The van der Waals surface area contributed by atoms with Gasteiger partial charge in [0.25, 0.3) is 0 Å². The Balaban J connectivity index is 1.28. The number of ether oxygens (including phenoxy) is 1. The van der Waals surface area contributed by atoms with Crippen LogP contribution in [-0.2, 0) is 4.74 Å². The Hall–Kier alpha value is -2.97. The molecular weight excluding hydrogens is 624 g/mol. The van der Waals surface area contributed by atoms with Crippen molar-refractivity contribution >= 4 is 17.5 Å². The van der Waals surface area contributed by atoms with Gasteiger partial charge in [0.05, 0.1) is 0 Å². The first-order valence-electron chi connectivity index (χ1n) is 18.1. The van der Waals surface area contributed by atoms with Gasteiger partial charge in [-0.25, -0.2) is 14.6 Å². The summed E-state index contributed by atoms with van der Waals surface area (Å²) in [5, 5.41) is 49.3. The number of para-hydroxylation sites is 2. The van der Waals surface area contributed by atoms with Crippen LogP contribution in [0.2, 0.25) is 0 Å². The van der Waals surface area contributed by atoms with Gasteiger partial charge in [-0.05, 0) is 84.6 Å². The van der Waals surface area contributed by atoms with E-state index in [-0.39, 0.29) is 6.09 Å². The van der Waals surface area contributed by atoms with Crippen LogP contribution in [0.15, 0.2) is 48.5 Å². The summed E-state index contributed by atoms with van der Waals surface area (Å²) in [5.74, 6) is 0. The van der Waals surface area contributed by atoms with Gasteiger partial charge >= 0.3 is 6.09 Å². The van der Waals surface area contributed by atoms with Crippen molar-refractivity contribution in [3.8, 4) is 0 Å². The number of aliphatic hydroxyl groups is 4. The Morgan fingerprint density at radius 3 is 1.67 bits per heavy atom.